The molecule has 13 nitrogen and oxygen atoms in total. The van der Waals surface area contributed by atoms with Gasteiger partial charge in [0.2, 0.25) is 11.8 Å². The van der Waals surface area contributed by atoms with E-state index in [0.717, 1.165) is 5.39 Å². The van der Waals surface area contributed by atoms with Crippen molar-refractivity contribution in [2.75, 3.05) is 19.5 Å². The van der Waals surface area contributed by atoms with Gasteiger partial charge in [-0.2, -0.15) is 15.1 Å². The molecule has 15 heteroatoms. The minimum atomic E-state index is -4.26. The zero-order valence-corrected chi connectivity index (χ0v) is 25.3. The number of fused-ring (bicyclic) bond motifs is 2. The Bertz CT molecular complexity index is 1680. The highest BCUT2D eigenvalue weighted by atomic mass is 31.2. The smallest absolute Gasteiger partial charge is 0.459 e. The predicted molar refractivity (Wildman–Crippen MR) is 156 cm³/mol. The molecule has 1 fully saturated rings. The van der Waals surface area contributed by atoms with Crippen LogP contribution in [-0.2, 0) is 23.4 Å². The summed E-state index contributed by atoms with van der Waals surface area (Å²) in [6.07, 6.45) is -1.17. The maximum atomic E-state index is 16.0. The lowest BCUT2D eigenvalue weighted by molar-refractivity contribution is -0.149. The molecule has 43 heavy (non-hydrogen) atoms. The molecule has 0 amide bonds. The SMILES string of the molecule is COc1nc(N)nc2c1ncn2[C@@H]1O[C@H](COP(=O)(N[C@@H](C)C(=O)OC(C)C)Oc2cccc3ccccc23)C[C@@]1(C)F. The number of methoxy groups -OCH3 is 1. The van der Waals surface area contributed by atoms with E-state index in [1.54, 1.807) is 26.0 Å². The summed E-state index contributed by atoms with van der Waals surface area (Å²) in [5, 5.41) is 4.20. The summed E-state index contributed by atoms with van der Waals surface area (Å²) < 4.78 is 59.9. The summed E-state index contributed by atoms with van der Waals surface area (Å²) in [6.45, 7) is 5.94. The van der Waals surface area contributed by atoms with Gasteiger partial charge in [0, 0.05) is 11.8 Å². The van der Waals surface area contributed by atoms with E-state index in [4.69, 9.17) is 29.0 Å². The number of halogens is 1. The number of ether oxygens (including phenoxy) is 3. The van der Waals surface area contributed by atoms with Crippen molar-refractivity contribution < 1.29 is 37.0 Å². The third-order valence-electron chi connectivity index (χ3n) is 6.77. The van der Waals surface area contributed by atoms with Gasteiger partial charge in [0.05, 0.1) is 32.3 Å². The molecule has 1 aliphatic heterocycles. The lowest BCUT2D eigenvalue weighted by atomic mass is 10.0. The maximum absolute atomic E-state index is 16.0. The van der Waals surface area contributed by atoms with Crippen LogP contribution in [0.25, 0.3) is 21.9 Å². The molecule has 0 spiro atoms. The predicted octanol–water partition coefficient (Wildman–Crippen LogP) is 4.72. The number of rotatable bonds is 11. The van der Waals surface area contributed by atoms with Gasteiger partial charge in [0.1, 0.15) is 11.8 Å². The highest BCUT2D eigenvalue weighted by molar-refractivity contribution is 7.52. The van der Waals surface area contributed by atoms with Gasteiger partial charge in [0.25, 0.3) is 0 Å². The normalized spacial score (nSPS) is 22.5. The zero-order valence-electron chi connectivity index (χ0n) is 24.4. The fourth-order valence-corrected chi connectivity index (χ4v) is 6.43. The van der Waals surface area contributed by atoms with E-state index >= 15 is 4.39 Å². The van der Waals surface area contributed by atoms with Crippen molar-refractivity contribution >= 4 is 41.6 Å². The number of alkyl halides is 1. The Morgan fingerprint density at radius 2 is 1.98 bits per heavy atom. The number of nitrogens with one attached hydrogen (secondary N) is 1. The number of hydrogen-bond donors (Lipinski definition) is 2. The van der Waals surface area contributed by atoms with E-state index in [1.165, 1.54) is 31.9 Å². The molecule has 3 N–H and O–H groups in total. The molecule has 1 unspecified atom stereocenters. The van der Waals surface area contributed by atoms with Crippen molar-refractivity contribution in [3.05, 3.63) is 48.8 Å². The van der Waals surface area contributed by atoms with E-state index in [1.807, 2.05) is 30.3 Å². The molecule has 0 saturated carbocycles. The fourth-order valence-electron chi connectivity index (χ4n) is 4.89. The van der Waals surface area contributed by atoms with Crippen molar-refractivity contribution in [2.24, 2.45) is 0 Å². The van der Waals surface area contributed by atoms with E-state index < -0.39 is 37.8 Å². The van der Waals surface area contributed by atoms with Crippen LogP contribution in [0.2, 0.25) is 0 Å². The average molecular weight is 617 g/mol. The Morgan fingerprint density at radius 3 is 2.72 bits per heavy atom. The van der Waals surface area contributed by atoms with Crippen LogP contribution < -0.4 is 20.1 Å². The lowest BCUT2D eigenvalue weighted by Crippen LogP contribution is -2.36. The van der Waals surface area contributed by atoms with Crippen molar-refractivity contribution in [2.45, 2.75) is 64.3 Å². The quantitative estimate of drug-likeness (QED) is 0.176. The van der Waals surface area contributed by atoms with Gasteiger partial charge in [-0.3, -0.25) is 13.9 Å². The van der Waals surface area contributed by atoms with Gasteiger partial charge in [-0.25, -0.2) is 13.9 Å². The lowest BCUT2D eigenvalue weighted by Gasteiger charge is -2.25. The number of nitrogens with zero attached hydrogens (tertiary/aromatic N) is 4. The Balaban J connectivity index is 1.38. The van der Waals surface area contributed by atoms with E-state index in [-0.39, 0.29) is 47.9 Å². The summed E-state index contributed by atoms with van der Waals surface area (Å²) in [5.41, 5.74) is 4.43. The molecule has 0 bridgehead atoms. The summed E-state index contributed by atoms with van der Waals surface area (Å²) in [7, 11) is -2.84. The monoisotopic (exact) mass is 616 g/mol. The molecule has 1 aliphatic rings. The largest absolute Gasteiger partial charge is 0.479 e. The summed E-state index contributed by atoms with van der Waals surface area (Å²) in [4.78, 5) is 25.0. The summed E-state index contributed by atoms with van der Waals surface area (Å²) in [5.74, 6) is -0.304. The highest BCUT2D eigenvalue weighted by Gasteiger charge is 2.48. The fraction of sp³-hybridized carbons (Fsp3) is 0.429. The molecule has 5 rings (SSSR count). The average Bonchev–Trinajstić information content (AvgIpc) is 3.50. The number of esters is 1. The number of anilines is 1. The van der Waals surface area contributed by atoms with Crippen LogP contribution in [-0.4, -0.2) is 63.1 Å². The molecule has 230 valence electrons. The van der Waals surface area contributed by atoms with Gasteiger partial charge in [0.15, 0.2) is 23.1 Å². The van der Waals surface area contributed by atoms with Crippen LogP contribution in [0, 0.1) is 0 Å². The van der Waals surface area contributed by atoms with Crippen molar-refractivity contribution in [1.29, 1.82) is 0 Å². The van der Waals surface area contributed by atoms with Crippen molar-refractivity contribution in [3.8, 4) is 11.6 Å². The molecular weight excluding hydrogens is 582 g/mol. The van der Waals surface area contributed by atoms with E-state index in [9.17, 15) is 9.36 Å². The zero-order chi connectivity index (χ0) is 30.9. The molecule has 0 aliphatic carbocycles. The highest BCUT2D eigenvalue weighted by Crippen LogP contribution is 2.49. The summed E-state index contributed by atoms with van der Waals surface area (Å²) in [6, 6.07) is 11.6. The number of nitrogen functional groups attached to an aromatic ring is 1. The molecule has 3 heterocycles. The number of hydrogen-bond acceptors (Lipinski definition) is 11. The maximum Gasteiger partial charge on any atom is 0.459 e. The molecule has 0 radical (unpaired) electrons. The van der Waals surface area contributed by atoms with Crippen LogP contribution in [0.3, 0.4) is 0 Å². The minimum absolute atomic E-state index is 0.0766. The molecule has 4 aromatic rings. The Hall–Kier alpha value is -3.84. The Kier molecular flexibility index (Phi) is 8.57. The molecular formula is C28H34FN6O7P. The number of carbonyl (C=O) groups excluding carboxylic acids is 1. The number of imidazole rings is 1. The second-order valence-corrected chi connectivity index (χ2v) is 12.4. The number of nitrogens with two attached hydrogens (primary N) is 1. The third-order valence-corrected chi connectivity index (χ3v) is 8.40. The first-order valence-corrected chi connectivity index (χ1v) is 15.2. The Labute approximate surface area is 247 Å². The van der Waals surface area contributed by atoms with Gasteiger partial charge < -0.3 is 24.5 Å². The van der Waals surface area contributed by atoms with Gasteiger partial charge in [-0.15, -0.1) is 0 Å². The second-order valence-electron chi connectivity index (χ2n) is 10.7. The minimum Gasteiger partial charge on any atom is -0.479 e. The Morgan fingerprint density at radius 1 is 1.23 bits per heavy atom. The second kappa shape index (κ2) is 12.0. The number of carbonyl (C=O) groups is 1. The van der Waals surface area contributed by atoms with Crippen molar-refractivity contribution in [1.82, 2.24) is 24.6 Å². The topological polar surface area (TPSA) is 162 Å². The summed E-state index contributed by atoms with van der Waals surface area (Å²) >= 11 is 0. The number of benzene rings is 2. The van der Waals surface area contributed by atoms with Crippen LogP contribution in [0.4, 0.5) is 10.3 Å². The first-order chi connectivity index (χ1) is 20.4. The molecule has 2 aromatic heterocycles. The first kappa shape index (κ1) is 30.6. The van der Waals surface area contributed by atoms with Gasteiger partial charge >= 0.3 is 13.7 Å². The van der Waals surface area contributed by atoms with Gasteiger partial charge in [-0.1, -0.05) is 36.4 Å². The van der Waals surface area contributed by atoms with Crippen LogP contribution in [0.15, 0.2) is 48.8 Å². The van der Waals surface area contributed by atoms with Crippen LogP contribution >= 0.6 is 7.75 Å². The third kappa shape index (κ3) is 6.57. The van der Waals surface area contributed by atoms with E-state index in [2.05, 4.69) is 20.0 Å². The van der Waals surface area contributed by atoms with E-state index in [0.29, 0.717) is 5.39 Å². The standard InChI is InChI=1S/C28H34FN6O7P/c1-16(2)40-25(36)17(3)34-43(37,42-21-12-8-10-18-9-6-7-11-20(18)21)39-14-19-13-28(4,29)26(41-19)35-15-31-22-23(35)32-27(30)33-24(22)38-5/h6-12,15-17,19,26H,13-14H2,1-5H3,(H,34,37)(H2,30,32,33)/t17-,19-,26+,28+,43?/m0/s1. The van der Waals surface area contributed by atoms with Crippen molar-refractivity contribution in [3.63, 3.8) is 0 Å². The van der Waals surface area contributed by atoms with Gasteiger partial charge in [-0.05, 0) is 39.1 Å². The van der Waals surface area contributed by atoms with Crippen LogP contribution in [0.5, 0.6) is 11.6 Å². The first-order valence-electron chi connectivity index (χ1n) is 13.7. The van der Waals surface area contributed by atoms with Crippen LogP contribution in [0.1, 0.15) is 40.3 Å². The molecule has 5 atom stereocenters. The number of aromatic nitrogens is 4. The molecule has 2 aromatic carbocycles. The molecule has 1 saturated heterocycles.